The van der Waals surface area contributed by atoms with Gasteiger partial charge in [-0.1, -0.05) is 0 Å². The van der Waals surface area contributed by atoms with Crippen LogP contribution in [0.5, 0.6) is 0 Å². The van der Waals surface area contributed by atoms with E-state index in [0.29, 0.717) is 6.61 Å². The Hall–Kier alpha value is 1.27. The van der Waals surface area contributed by atoms with Gasteiger partial charge in [0, 0.05) is 0 Å². The predicted octanol–water partition coefficient (Wildman–Crippen LogP) is 2.25. The molecule has 0 radical (unpaired) electrons. The molecule has 2 nitrogen and oxygen atoms in total. The molecule has 1 rings (SSSR count). The van der Waals surface area contributed by atoms with Crippen LogP contribution in [-0.4, -0.2) is 18.5 Å². The van der Waals surface area contributed by atoms with Gasteiger partial charge in [0.15, 0.2) is 5.79 Å². The standard InChI is InChI=1S/C7H13O2.HI.Zn/c1-4-6-5-8-7(2,3)9-6;;/h6H,1,4-5H2,2-3H3;1H;/q-1;;+2/p-1/t6-;;/m1../s1. The zero-order valence-corrected chi connectivity index (χ0v) is 12.2. The summed E-state index contributed by atoms with van der Waals surface area (Å²) in [5.74, 6) is -0.373. The molecule has 1 saturated heterocycles. The molecule has 0 amide bonds. The topological polar surface area (TPSA) is 18.5 Å². The summed E-state index contributed by atoms with van der Waals surface area (Å²) in [5.41, 5.74) is 0. The van der Waals surface area contributed by atoms with Gasteiger partial charge in [-0.05, 0) is 13.8 Å². The van der Waals surface area contributed by atoms with Crippen molar-refractivity contribution in [1.82, 2.24) is 0 Å². The van der Waals surface area contributed by atoms with Crippen LogP contribution in [0.25, 0.3) is 0 Å². The molecule has 4 heteroatoms. The number of hydrogen-bond donors (Lipinski definition) is 0. The van der Waals surface area contributed by atoms with E-state index in [0.717, 1.165) is 6.42 Å². The van der Waals surface area contributed by atoms with E-state index in [1.54, 1.807) is 0 Å². The van der Waals surface area contributed by atoms with E-state index in [4.69, 9.17) is 9.47 Å². The van der Waals surface area contributed by atoms with Crippen molar-refractivity contribution in [1.29, 1.82) is 0 Å². The van der Waals surface area contributed by atoms with Crippen molar-refractivity contribution in [3.8, 4) is 0 Å². The van der Waals surface area contributed by atoms with Crippen LogP contribution in [0, 0.1) is 6.92 Å². The molecule has 0 aromatic heterocycles. The Labute approximate surface area is 89.3 Å². The van der Waals surface area contributed by atoms with E-state index in [1.807, 2.05) is 13.8 Å². The normalized spacial score (nSPS) is 27.6. The summed E-state index contributed by atoms with van der Waals surface area (Å²) >= 11 is 3.62. The Kier molecular flexibility index (Phi) is 6.52. The second kappa shape index (κ2) is 5.84. The molecular weight excluding hydrogens is 308 g/mol. The predicted molar refractivity (Wildman–Crippen MR) is 48.9 cm³/mol. The number of hydrogen-bond acceptors (Lipinski definition) is 2. The fraction of sp³-hybridized carbons (Fsp3) is 0.857. The van der Waals surface area contributed by atoms with Crippen LogP contribution in [0.4, 0.5) is 0 Å². The summed E-state index contributed by atoms with van der Waals surface area (Å²) < 4.78 is 10.7. The number of rotatable bonds is 1. The van der Waals surface area contributed by atoms with E-state index < -0.39 is 0 Å². The second-order valence-electron chi connectivity index (χ2n) is 2.74. The van der Waals surface area contributed by atoms with Gasteiger partial charge < -0.3 is 16.4 Å². The molecule has 0 aromatic rings. The Morgan fingerprint density at radius 1 is 1.64 bits per heavy atom. The summed E-state index contributed by atoms with van der Waals surface area (Å²) in [6.45, 7) is 8.26. The average Bonchev–Trinajstić information content (AvgIpc) is 2.34. The summed E-state index contributed by atoms with van der Waals surface area (Å²) in [4.78, 5) is 0. The molecule has 0 spiro atoms. The molecule has 0 N–H and O–H groups in total. The molecule has 1 aliphatic heterocycles. The van der Waals surface area contributed by atoms with Crippen LogP contribution in [0.2, 0.25) is 0 Å². The Morgan fingerprint density at radius 2 is 2.18 bits per heavy atom. The first-order chi connectivity index (χ1) is 5.14. The van der Waals surface area contributed by atoms with Crippen LogP contribution in [0.3, 0.4) is 0 Å². The minimum atomic E-state index is -0.373. The van der Waals surface area contributed by atoms with Crippen molar-refractivity contribution in [2.24, 2.45) is 0 Å². The summed E-state index contributed by atoms with van der Waals surface area (Å²) in [6.07, 6.45) is 1.00. The van der Waals surface area contributed by atoms with Crippen molar-refractivity contribution in [3.63, 3.8) is 0 Å². The molecular formula is C7H13IO2Zn. The van der Waals surface area contributed by atoms with E-state index in [2.05, 4.69) is 26.7 Å². The molecule has 62 valence electrons. The van der Waals surface area contributed by atoms with Gasteiger partial charge in [-0.2, -0.15) is 6.42 Å². The van der Waals surface area contributed by atoms with Gasteiger partial charge in [-0.3, -0.25) is 0 Å². The minimum absolute atomic E-state index is 0.208. The van der Waals surface area contributed by atoms with Gasteiger partial charge in [-0.15, -0.1) is 0 Å². The Balaban J connectivity index is 0.000000461. The monoisotopic (exact) mass is 320 g/mol. The first kappa shape index (κ1) is 12.3. The van der Waals surface area contributed by atoms with Gasteiger partial charge in [0.25, 0.3) is 0 Å². The van der Waals surface area contributed by atoms with Gasteiger partial charge in [-0.25, -0.2) is 0 Å². The fourth-order valence-electron chi connectivity index (χ4n) is 0.905. The maximum atomic E-state index is 5.41. The Morgan fingerprint density at radius 3 is 2.36 bits per heavy atom. The van der Waals surface area contributed by atoms with E-state index in [-0.39, 0.29) is 11.9 Å². The van der Waals surface area contributed by atoms with Crippen LogP contribution in [0.1, 0.15) is 20.3 Å². The summed E-state index contributed by atoms with van der Waals surface area (Å²) in [6, 6.07) is 0. The van der Waals surface area contributed by atoms with Gasteiger partial charge in [0.1, 0.15) is 0 Å². The third kappa shape index (κ3) is 4.76. The van der Waals surface area contributed by atoms with Crippen LogP contribution in [0.15, 0.2) is 0 Å². The third-order valence-corrected chi connectivity index (χ3v) is 1.39. The van der Waals surface area contributed by atoms with Gasteiger partial charge in [0.2, 0.25) is 0 Å². The average molecular weight is 321 g/mol. The molecule has 0 saturated carbocycles. The first-order valence-corrected chi connectivity index (χ1v) is 12.6. The number of ether oxygens (including phenoxy) is 2. The summed E-state index contributed by atoms with van der Waals surface area (Å²) in [7, 11) is 0. The Bertz CT molecular complexity index is 109. The van der Waals surface area contributed by atoms with E-state index >= 15 is 0 Å². The van der Waals surface area contributed by atoms with E-state index in [9.17, 15) is 0 Å². The SMILES string of the molecule is [CH2-]C[C@@H]1COC(C)(C)O1.[Zn+][I]. The van der Waals surface area contributed by atoms with Crippen molar-refractivity contribution in [3.05, 3.63) is 6.92 Å². The van der Waals surface area contributed by atoms with Gasteiger partial charge >= 0.3 is 34.5 Å². The molecule has 0 aromatic carbocycles. The molecule has 11 heavy (non-hydrogen) atoms. The fourth-order valence-corrected chi connectivity index (χ4v) is 0.905. The quantitative estimate of drug-likeness (QED) is 0.419. The van der Waals surface area contributed by atoms with Crippen molar-refractivity contribution >= 4 is 19.8 Å². The molecule has 0 bridgehead atoms. The first-order valence-electron chi connectivity index (χ1n) is 3.52. The number of halogens is 1. The van der Waals surface area contributed by atoms with Crippen molar-refractivity contribution in [2.75, 3.05) is 6.61 Å². The van der Waals surface area contributed by atoms with Crippen molar-refractivity contribution in [2.45, 2.75) is 32.2 Å². The van der Waals surface area contributed by atoms with Crippen LogP contribution < -0.4 is 0 Å². The molecule has 0 aliphatic carbocycles. The molecule has 1 heterocycles. The molecule has 1 atom stereocenters. The summed E-state index contributed by atoms with van der Waals surface area (Å²) in [5, 5.41) is 0. The maximum absolute atomic E-state index is 5.41. The zero-order chi connectivity index (χ0) is 8.91. The molecule has 1 aliphatic rings. The molecule has 1 fully saturated rings. The zero-order valence-electron chi connectivity index (χ0n) is 7.10. The van der Waals surface area contributed by atoms with Crippen LogP contribution in [-0.2, 0) is 24.3 Å². The van der Waals surface area contributed by atoms with E-state index in [1.165, 1.54) is 14.8 Å². The van der Waals surface area contributed by atoms with Crippen LogP contribution >= 0.6 is 19.8 Å². The van der Waals surface area contributed by atoms with Gasteiger partial charge in [0.05, 0.1) is 12.7 Å². The second-order valence-corrected chi connectivity index (χ2v) is 2.74. The third-order valence-electron chi connectivity index (χ3n) is 1.39. The van der Waals surface area contributed by atoms with Crippen molar-refractivity contribution < 1.29 is 24.3 Å². The molecule has 0 unspecified atom stereocenters.